The fraction of sp³-hybridized carbons (Fsp3) is 0.500. The summed E-state index contributed by atoms with van der Waals surface area (Å²) in [5.41, 5.74) is 0.369. The molecule has 21 heavy (non-hydrogen) atoms. The van der Waals surface area contributed by atoms with E-state index < -0.39 is 24.4 Å². The molecule has 1 aromatic rings. The highest BCUT2D eigenvalue weighted by atomic mass is 19.2. The number of rotatable bonds is 2. The Morgan fingerprint density at radius 2 is 1.76 bits per heavy atom. The van der Waals surface area contributed by atoms with Gasteiger partial charge in [0.15, 0.2) is 0 Å². The molecular weight excluding hydrogens is 276 g/mol. The van der Waals surface area contributed by atoms with Gasteiger partial charge in [-0.2, -0.15) is 0 Å². The second-order valence-electron chi connectivity index (χ2n) is 6.19. The molecule has 1 aliphatic heterocycles. The van der Waals surface area contributed by atoms with E-state index in [4.69, 9.17) is 14.4 Å². The van der Waals surface area contributed by atoms with E-state index in [1.54, 1.807) is 6.07 Å². The van der Waals surface area contributed by atoms with Gasteiger partial charge in [-0.05, 0) is 52.2 Å². The molecule has 0 saturated carbocycles. The van der Waals surface area contributed by atoms with Crippen molar-refractivity contribution in [3.8, 4) is 0 Å². The zero-order valence-electron chi connectivity index (χ0n) is 12.8. The van der Waals surface area contributed by atoms with E-state index in [1.807, 2.05) is 34.6 Å². The molecule has 0 radical (unpaired) electrons. The van der Waals surface area contributed by atoms with Gasteiger partial charge < -0.3 is 14.4 Å². The number of anilines is 1. The Balaban J connectivity index is 2.37. The normalized spacial score (nSPS) is 19.6. The van der Waals surface area contributed by atoms with Gasteiger partial charge in [-0.3, -0.25) is 0 Å². The summed E-state index contributed by atoms with van der Waals surface area (Å²) in [5.74, 6) is 0. The van der Waals surface area contributed by atoms with Crippen LogP contribution in [-0.2, 0) is 9.31 Å². The molecule has 0 aliphatic carbocycles. The molecule has 1 aliphatic rings. The molecule has 0 bridgehead atoms. The Kier molecular flexibility index (Phi) is 3.76. The Morgan fingerprint density at radius 1 is 1.24 bits per heavy atom. The van der Waals surface area contributed by atoms with Crippen molar-refractivity contribution in [1.29, 1.82) is 0 Å². The van der Waals surface area contributed by atoms with Crippen LogP contribution in [-0.4, -0.2) is 29.5 Å². The first-order valence-corrected chi connectivity index (χ1v) is 6.70. The lowest BCUT2D eigenvalue weighted by molar-refractivity contribution is 0.00578. The van der Waals surface area contributed by atoms with Crippen LogP contribution in [0.5, 0.6) is 0 Å². The zero-order chi connectivity index (χ0) is 16.0. The number of carboxylic acid groups (broad SMARTS) is 1. The molecule has 1 heterocycles. The summed E-state index contributed by atoms with van der Waals surface area (Å²) in [6, 6.07) is 4.48. The summed E-state index contributed by atoms with van der Waals surface area (Å²) in [5, 5.41) is 8.39. The summed E-state index contributed by atoms with van der Waals surface area (Å²) >= 11 is 0. The van der Waals surface area contributed by atoms with Crippen LogP contribution in [0.4, 0.5) is 15.0 Å². The van der Waals surface area contributed by atoms with Gasteiger partial charge in [-0.25, -0.2) is 4.79 Å². The van der Waals surface area contributed by atoms with E-state index in [2.05, 4.69) is 0 Å². The Bertz CT molecular complexity index is 560. The molecule has 0 unspecified atom stereocenters. The summed E-state index contributed by atoms with van der Waals surface area (Å²) in [7, 11) is -0.655. The number of amides is 1. The Morgan fingerprint density at radius 3 is 2.24 bits per heavy atom. The van der Waals surface area contributed by atoms with Crippen LogP contribution in [0, 0.1) is 6.92 Å². The van der Waals surface area contributed by atoms with Crippen LogP contribution in [0.25, 0.3) is 0 Å². The van der Waals surface area contributed by atoms with Crippen LogP contribution < -0.4 is 10.6 Å². The minimum absolute atomic E-state index is 0.0715. The molecule has 0 spiro atoms. The lowest BCUT2D eigenvalue weighted by Gasteiger charge is -2.32. The number of nitrogens with zero attached hydrogens (tertiary/aromatic N) is 1. The number of carbonyl (C=O) groups is 1. The lowest BCUT2D eigenvalue weighted by atomic mass is 9.76. The van der Waals surface area contributed by atoms with E-state index in [-0.39, 0.29) is 10.8 Å². The van der Waals surface area contributed by atoms with Crippen LogP contribution in [0.15, 0.2) is 18.2 Å². The molecule has 0 aromatic heterocycles. The molecule has 1 saturated heterocycles. The summed E-state index contributed by atoms with van der Waals surface area (Å²) in [6.45, 7) is 9.53. The standard InChI is InChI=1S/C14H19BFNO4/c1-9-6-7-10(17(16)12(18)19)8-11(9)15-20-13(2,3)14(4,5)21-15/h6-8H,1-5H3,(H,18,19). The maximum Gasteiger partial charge on any atom is 0.495 e. The molecule has 114 valence electrons. The van der Waals surface area contributed by atoms with Crippen molar-refractivity contribution in [1.82, 2.24) is 0 Å². The van der Waals surface area contributed by atoms with Gasteiger partial charge in [0, 0.05) is 0 Å². The van der Waals surface area contributed by atoms with Gasteiger partial charge in [0.1, 0.15) is 0 Å². The average molecular weight is 295 g/mol. The molecule has 1 N–H and O–H groups in total. The van der Waals surface area contributed by atoms with Crippen molar-refractivity contribution in [2.24, 2.45) is 0 Å². The third-order valence-corrected chi connectivity index (χ3v) is 4.16. The van der Waals surface area contributed by atoms with Gasteiger partial charge in [0.2, 0.25) is 0 Å². The van der Waals surface area contributed by atoms with E-state index in [9.17, 15) is 9.28 Å². The molecule has 5 nitrogen and oxygen atoms in total. The molecular formula is C14H19BFNO4. The summed E-state index contributed by atoms with van der Waals surface area (Å²) < 4.78 is 25.3. The minimum atomic E-state index is -1.67. The quantitative estimate of drug-likeness (QED) is 0.673. The van der Waals surface area contributed by atoms with Crippen molar-refractivity contribution < 1.29 is 23.7 Å². The van der Waals surface area contributed by atoms with E-state index >= 15 is 0 Å². The second-order valence-corrected chi connectivity index (χ2v) is 6.19. The smallest absolute Gasteiger partial charge is 0.463 e. The Hall–Kier alpha value is -1.60. The predicted octanol–water partition coefficient (Wildman–Crippen LogP) is 2.66. The fourth-order valence-corrected chi connectivity index (χ4v) is 2.08. The van der Waals surface area contributed by atoms with Crippen LogP contribution >= 0.6 is 0 Å². The monoisotopic (exact) mass is 295 g/mol. The maximum atomic E-state index is 13.5. The van der Waals surface area contributed by atoms with E-state index in [0.29, 0.717) is 5.46 Å². The Labute approximate surface area is 123 Å². The van der Waals surface area contributed by atoms with Gasteiger partial charge >= 0.3 is 13.2 Å². The topological polar surface area (TPSA) is 59.0 Å². The molecule has 2 rings (SSSR count). The third kappa shape index (κ3) is 2.75. The molecule has 7 heteroatoms. The largest absolute Gasteiger partial charge is 0.495 e. The minimum Gasteiger partial charge on any atom is -0.463 e. The van der Waals surface area contributed by atoms with Crippen molar-refractivity contribution in [3.63, 3.8) is 0 Å². The highest BCUT2D eigenvalue weighted by molar-refractivity contribution is 6.62. The van der Waals surface area contributed by atoms with Crippen molar-refractivity contribution in [2.75, 3.05) is 5.12 Å². The number of hydrogen-bond acceptors (Lipinski definition) is 3. The number of benzene rings is 1. The number of halogens is 1. The molecule has 1 amide bonds. The second kappa shape index (κ2) is 5.00. The first kappa shape index (κ1) is 15.8. The summed E-state index contributed by atoms with van der Waals surface area (Å²) in [4.78, 5) is 10.7. The van der Waals surface area contributed by atoms with Gasteiger partial charge in [0.25, 0.3) is 0 Å². The highest BCUT2D eigenvalue weighted by Crippen LogP contribution is 2.36. The first-order chi connectivity index (χ1) is 9.55. The number of aryl methyl sites for hydroxylation is 1. The summed E-state index contributed by atoms with van der Waals surface area (Å²) in [6.07, 6.45) is -1.67. The first-order valence-electron chi connectivity index (χ1n) is 6.70. The SMILES string of the molecule is Cc1ccc(N(F)C(=O)O)cc1B1OC(C)(C)C(C)(C)O1. The maximum absolute atomic E-state index is 13.5. The molecule has 0 atom stereocenters. The average Bonchev–Trinajstić information content (AvgIpc) is 2.57. The van der Waals surface area contributed by atoms with Gasteiger partial charge in [-0.1, -0.05) is 16.1 Å². The third-order valence-electron chi connectivity index (χ3n) is 4.16. The molecule has 1 fully saturated rings. The van der Waals surface area contributed by atoms with E-state index in [0.717, 1.165) is 5.56 Å². The fourth-order valence-electron chi connectivity index (χ4n) is 2.08. The van der Waals surface area contributed by atoms with Crippen LogP contribution in [0.3, 0.4) is 0 Å². The molecule has 1 aromatic carbocycles. The van der Waals surface area contributed by atoms with Crippen molar-refractivity contribution >= 4 is 24.4 Å². The highest BCUT2D eigenvalue weighted by Gasteiger charge is 2.52. The van der Waals surface area contributed by atoms with Gasteiger partial charge in [-0.15, -0.1) is 5.12 Å². The van der Waals surface area contributed by atoms with Crippen LogP contribution in [0.1, 0.15) is 33.3 Å². The lowest BCUT2D eigenvalue weighted by Crippen LogP contribution is -2.41. The van der Waals surface area contributed by atoms with Crippen LogP contribution in [0.2, 0.25) is 0 Å². The van der Waals surface area contributed by atoms with Crippen molar-refractivity contribution in [3.05, 3.63) is 23.8 Å². The van der Waals surface area contributed by atoms with Crippen molar-refractivity contribution in [2.45, 2.75) is 45.8 Å². The van der Waals surface area contributed by atoms with Gasteiger partial charge in [0.05, 0.1) is 16.9 Å². The predicted molar refractivity (Wildman–Crippen MR) is 78.5 cm³/mol. The zero-order valence-corrected chi connectivity index (χ0v) is 12.8. The van der Waals surface area contributed by atoms with E-state index in [1.165, 1.54) is 12.1 Å². The number of hydrogen-bond donors (Lipinski definition) is 1.